The second-order valence-electron chi connectivity index (χ2n) is 8.22. The number of rotatable bonds is 8. The summed E-state index contributed by atoms with van der Waals surface area (Å²) in [6.45, 7) is 0. The number of carbonyl (C=O) groups is 1. The number of halogens is 2. The van der Waals surface area contributed by atoms with E-state index < -0.39 is 58.3 Å². The van der Waals surface area contributed by atoms with Crippen molar-refractivity contribution in [2.24, 2.45) is 16.0 Å². The Bertz CT molecular complexity index is 1880. The number of anilines is 3. The van der Waals surface area contributed by atoms with Gasteiger partial charge in [-0.3, -0.25) is 4.55 Å². The lowest BCUT2D eigenvalue weighted by molar-refractivity contribution is 0.259. The topological polar surface area (TPSA) is 306 Å². The van der Waals surface area contributed by atoms with Gasteiger partial charge in [-0.25, -0.2) is 4.79 Å². The molecule has 0 unspecified atom stereocenters. The van der Waals surface area contributed by atoms with E-state index in [1.165, 1.54) is 18.2 Å². The largest absolute Gasteiger partial charge is 0.351 e. The molecular formula is C20H18Cl2N8O10S3. The smallest absolute Gasteiger partial charge is 0.316 e. The van der Waals surface area contributed by atoms with Crippen LogP contribution in [0.15, 0.2) is 67.4 Å². The van der Waals surface area contributed by atoms with E-state index in [1.807, 2.05) is 0 Å². The summed E-state index contributed by atoms with van der Waals surface area (Å²) < 4.78 is 92.9. The second kappa shape index (κ2) is 11.9. The maximum absolute atomic E-state index is 12.1. The fourth-order valence-electron chi connectivity index (χ4n) is 3.54. The van der Waals surface area contributed by atoms with E-state index in [-0.39, 0.29) is 44.4 Å². The molecule has 230 valence electrons. The highest BCUT2D eigenvalue weighted by atomic mass is 35.5. The Morgan fingerprint density at radius 2 is 1.42 bits per heavy atom. The summed E-state index contributed by atoms with van der Waals surface area (Å²) in [5, 5.41) is 11.8. The predicted octanol–water partition coefficient (Wildman–Crippen LogP) is 6.39. The molecule has 3 aromatic carbocycles. The molecule has 11 N–H and O–H groups in total. The molecule has 0 aliphatic heterocycles. The predicted molar refractivity (Wildman–Crippen MR) is 158 cm³/mol. The molecule has 0 aliphatic rings. The maximum Gasteiger partial charge on any atom is 0.316 e. The summed E-state index contributed by atoms with van der Waals surface area (Å²) in [6.07, 6.45) is 0. The minimum Gasteiger partial charge on any atom is -0.351 e. The third kappa shape index (κ3) is 7.94. The lowest BCUT2D eigenvalue weighted by Gasteiger charge is -2.23. The van der Waals surface area contributed by atoms with E-state index >= 15 is 0 Å². The number of nitrogens with two attached hydrogens (primary N) is 1. The van der Waals surface area contributed by atoms with Crippen molar-refractivity contribution in [3.05, 3.63) is 53.0 Å². The summed E-state index contributed by atoms with van der Waals surface area (Å²) in [6, 6.07) is 6.19. The Kier molecular flexibility index (Phi) is 8.99. The molecule has 43 heavy (non-hydrogen) atoms. The number of aromatic nitrogens is 3. The van der Waals surface area contributed by atoms with Crippen LogP contribution in [0.3, 0.4) is 0 Å². The molecule has 2 amide bonds. The van der Waals surface area contributed by atoms with Crippen molar-refractivity contribution < 1.29 is 45.1 Å². The van der Waals surface area contributed by atoms with Crippen LogP contribution in [0.4, 0.5) is 33.5 Å². The summed E-state index contributed by atoms with van der Waals surface area (Å²) in [4.78, 5) is 20.6. The van der Waals surface area contributed by atoms with Crippen molar-refractivity contribution >= 4 is 101 Å². The number of hydrogen-bond acceptors (Lipinski definition) is 15. The first-order chi connectivity index (χ1) is 19.8. The lowest BCUT2D eigenvalue weighted by Crippen LogP contribution is -2.19. The van der Waals surface area contributed by atoms with E-state index in [1.54, 1.807) is 0 Å². The zero-order valence-corrected chi connectivity index (χ0v) is 24.7. The van der Waals surface area contributed by atoms with Crippen molar-refractivity contribution in [3.63, 3.8) is 0 Å². The molecule has 0 saturated carbocycles. The van der Waals surface area contributed by atoms with Crippen LogP contribution in [0.1, 0.15) is 0 Å². The molecule has 4 rings (SSSR count). The van der Waals surface area contributed by atoms with Gasteiger partial charge < -0.3 is 43.7 Å². The molecule has 0 bridgehead atoms. The number of nitrogens with one attached hydrogen (secondary N) is 2. The Morgan fingerprint density at radius 3 is 1.98 bits per heavy atom. The highest BCUT2D eigenvalue weighted by molar-refractivity contribution is 8.19. The minimum atomic E-state index is -5.07. The van der Waals surface area contributed by atoms with Gasteiger partial charge in [-0.15, -0.1) is 10.2 Å². The first-order valence-corrected chi connectivity index (χ1v) is 16.1. The number of hydrogen-bond donors (Lipinski definition) is 10. The van der Waals surface area contributed by atoms with Crippen LogP contribution in [0.2, 0.25) is 10.6 Å². The van der Waals surface area contributed by atoms with Crippen LogP contribution in [-0.4, -0.2) is 61.3 Å². The van der Waals surface area contributed by atoms with Gasteiger partial charge >= 0.3 is 6.03 Å². The quantitative estimate of drug-likeness (QED) is 0.0704. The monoisotopic (exact) mass is 696 g/mol. The number of primary amides is 1. The van der Waals surface area contributed by atoms with Crippen molar-refractivity contribution in [2.75, 3.05) is 10.6 Å². The van der Waals surface area contributed by atoms with Gasteiger partial charge in [-0.05, 0) is 71.1 Å². The number of urea groups is 1. The zero-order valence-electron chi connectivity index (χ0n) is 20.7. The molecule has 1 heterocycles. The van der Waals surface area contributed by atoms with E-state index in [0.29, 0.717) is 6.07 Å². The Balaban J connectivity index is 1.86. The van der Waals surface area contributed by atoms with Crippen LogP contribution in [0.5, 0.6) is 0 Å². The average molecular weight is 698 g/mol. The van der Waals surface area contributed by atoms with Gasteiger partial charge in [0.25, 0.3) is 10.1 Å². The van der Waals surface area contributed by atoms with Crippen LogP contribution in [0.25, 0.3) is 10.8 Å². The van der Waals surface area contributed by atoms with E-state index in [0.717, 1.165) is 18.2 Å². The van der Waals surface area contributed by atoms with Crippen LogP contribution in [0, 0.1) is 0 Å². The Labute approximate surface area is 254 Å². The first-order valence-electron chi connectivity index (χ1n) is 10.9. The van der Waals surface area contributed by atoms with Crippen LogP contribution >= 0.6 is 44.9 Å². The Morgan fingerprint density at radius 1 is 0.791 bits per heavy atom. The molecule has 0 radical (unpaired) electrons. The Hall–Kier alpha value is -3.45. The fourth-order valence-corrected chi connectivity index (χ4v) is 5.94. The standard InChI is InChI=1S/C20H18Cl2N8O10S3/c21-17-26-18(22)28-20(27-17)24-9-1-2-12(13(5-9)25-19(23)31)29-30-14-7-11-8(4-16(14)43(38,39)40)3-10(41(32,33)34)6-15(11)42(35,36)37/h1-7,32-34,38-40H,(H3,23,25,31)(H,35,36,37)(H,24,26,27,28). The summed E-state index contributed by atoms with van der Waals surface area (Å²) >= 11 is 11.5. The fraction of sp³-hybridized carbons (Fsp3) is 0. The summed E-state index contributed by atoms with van der Waals surface area (Å²) in [7, 11) is -14.2. The number of fused-ring (bicyclic) bond motifs is 1. The molecule has 23 heteroatoms. The van der Waals surface area contributed by atoms with Gasteiger partial charge in [-0.2, -0.15) is 23.4 Å². The number of azo groups is 1. The van der Waals surface area contributed by atoms with Crippen LogP contribution < -0.4 is 16.4 Å². The SMILES string of the molecule is NC(=O)Nc1cc(Nc2nc(Cl)nc(Cl)n2)ccc1N=Nc1cc2c(S(=O)(=O)O)cc(S(O)(O)O)cc2cc1S(O)(O)O. The molecule has 0 aliphatic carbocycles. The molecule has 0 spiro atoms. The van der Waals surface area contributed by atoms with Gasteiger partial charge in [-0.1, -0.05) is 0 Å². The van der Waals surface area contributed by atoms with E-state index in [9.17, 15) is 45.1 Å². The average Bonchev–Trinajstić information content (AvgIpc) is 2.84. The highest BCUT2D eigenvalue weighted by Crippen LogP contribution is 2.52. The summed E-state index contributed by atoms with van der Waals surface area (Å²) in [5.41, 5.74) is 4.85. The highest BCUT2D eigenvalue weighted by Gasteiger charge is 2.27. The van der Waals surface area contributed by atoms with Gasteiger partial charge in [0, 0.05) is 11.1 Å². The first kappa shape index (κ1) is 32.5. The van der Waals surface area contributed by atoms with Crippen LogP contribution in [-0.2, 0) is 10.1 Å². The zero-order chi connectivity index (χ0) is 31.9. The number of benzene rings is 3. The molecule has 1 aromatic heterocycles. The lowest BCUT2D eigenvalue weighted by atomic mass is 10.1. The molecule has 0 saturated heterocycles. The number of nitrogens with zero attached hydrogens (tertiary/aromatic N) is 5. The van der Waals surface area contributed by atoms with E-state index in [4.69, 9.17) is 28.9 Å². The molecule has 0 fully saturated rings. The third-order valence-electron chi connectivity index (χ3n) is 5.21. The van der Waals surface area contributed by atoms with Crippen molar-refractivity contribution in [2.45, 2.75) is 14.7 Å². The molecule has 0 atom stereocenters. The van der Waals surface area contributed by atoms with Gasteiger partial charge in [0.05, 0.1) is 15.5 Å². The summed E-state index contributed by atoms with van der Waals surface area (Å²) in [5.74, 6) is -0.0569. The molecular weight excluding hydrogens is 679 g/mol. The minimum absolute atomic E-state index is 0.0538. The van der Waals surface area contributed by atoms with Gasteiger partial charge in [0.1, 0.15) is 38.0 Å². The normalized spacial score (nSPS) is 13.3. The maximum atomic E-state index is 12.1. The van der Waals surface area contributed by atoms with Gasteiger partial charge in [0.2, 0.25) is 16.5 Å². The number of amides is 2. The van der Waals surface area contributed by atoms with Crippen molar-refractivity contribution in [3.8, 4) is 0 Å². The molecule has 4 aromatic rings. The number of carbonyl (C=O) groups excluding carboxylic acids is 1. The second-order valence-corrected chi connectivity index (χ2v) is 13.3. The van der Waals surface area contributed by atoms with Crippen molar-refractivity contribution in [1.82, 2.24) is 15.0 Å². The van der Waals surface area contributed by atoms with E-state index in [2.05, 4.69) is 35.8 Å². The third-order valence-corrected chi connectivity index (χ3v) is 8.23. The van der Waals surface area contributed by atoms with Gasteiger partial charge in [0.15, 0.2) is 0 Å². The molecule has 18 nitrogen and oxygen atoms in total. The van der Waals surface area contributed by atoms with Crippen molar-refractivity contribution in [1.29, 1.82) is 0 Å².